The fraction of sp³-hybridized carbons (Fsp3) is 0.696. The Kier molecular flexibility index (Phi) is 43.5. The Morgan fingerprint density at radius 3 is 1.36 bits per heavy atom. The molecule has 0 aliphatic heterocycles. The number of carboxylic acids is 1. The van der Waals surface area contributed by atoms with E-state index in [1.165, 1.54) is 116 Å². The number of carboxylic acid groups (broad SMARTS) is 1. The van der Waals surface area contributed by atoms with E-state index in [0.29, 0.717) is 12.8 Å². The largest absolute Gasteiger partial charge is 0.544 e. The van der Waals surface area contributed by atoms with Gasteiger partial charge in [-0.25, -0.2) is 0 Å². The highest BCUT2D eigenvalue weighted by Gasteiger charge is 2.25. The fourth-order valence-corrected chi connectivity index (χ4v) is 7.22. The molecule has 0 aliphatic carbocycles. The van der Waals surface area contributed by atoms with Crippen molar-refractivity contribution >= 4 is 17.9 Å². The molecule has 0 amide bonds. The van der Waals surface area contributed by atoms with Gasteiger partial charge >= 0.3 is 11.9 Å². The molecule has 0 saturated heterocycles. The van der Waals surface area contributed by atoms with Gasteiger partial charge < -0.3 is 28.6 Å². The molecule has 8 heteroatoms. The Balaban J connectivity index is 4.30. The summed E-state index contributed by atoms with van der Waals surface area (Å²) in [6.07, 6.45) is 60.5. The van der Waals surface area contributed by atoms with E-state index in [4.69, 9.17) is 14.2 Å². The molecule has 366 valence electrons. The quantitative estimate of drug-likeness (QED) is 0.0197. The molecule has 0 fully saturated rings. The van der Waals surface area contributed by atoms with Crippen molar-refractivity contribution < 1.29 is 38.2 Å². The van der Waals surface area contributed by atoms with Crippen molar-refractivity contribution in [1.82, 2.24) is 0 Å². The summed E-state index contributed by atoms with van der Waals surface area (Å²) in [6.45, 7) is 4.47. The van der Waals surface area contributed by atoms with Gasteiger partial charge in [0.1, 0.15) is 12.6 Å². The van der Waals surface area contributed by atoms with E-state index in [0.717, 1.165) is 44.9 Å². The predicted molar refractivity (Wildman–Crippen MR) is 268 cm³/mol. The van der Waals surface area contributed by atoms with Crippen LogP contribution >= 0.6 is 0 Å². The summed E-state index contributed by atoms with van der Waals surface area (Å²) in [5.41, 5.74) is 0. The highest BCUT2D eigenvalue weighted by atomic mass is 16.6. The lowest BCUT2D eigenvalue weighted by Crippen LogP contribution is -2.55. The summed E-state index contributed by atoms with van der Waals surface area (Å²) in [7, 11) is 5.39. The molecule has 64 heavy (non-hydrogen) atoms. The minimum Gasteiger partial charge on any atom is -0.544 e. The fourth-order valence-electron chi connectivity index (χ4n) is 7.22. The van der Waals surface area contributed by atoms with E-state index in [9.17, 15) is 19.5 Å². The lowest BCUT2D eigenvalue weighted by molar-refractivity contribution is -0.889. The van der Waals surface area contributed by atoms with Crippen LogP contribution in [-0.2, 0) is 28.6 Å². The summed E-state index contributed by atoms with van der Waals surface area (Å²) in [5.74, 6) is -1.80. The molecule has 0 saturated carbocycles. The lowest BCUT2D eigenvalue weighted by atomic mass is 10.0. The Morgan fingerprint density at radius 1 is 0.484 bits per heavy atom. The number of quaternary nitrogens is 1. The van der Waals surface area contributed by atoms with Gasteiger partial charge in [-0.3, -0.25) is 9.59 Å². The van der Waals surface area contributed by atoms with E-state index in [-0.39, 0.29) is 49.1 Å². The van der Waals surface area contributed by atoms with Crippen molar-refractivity contribution in [3.63, 3.8) is 0 Å². The van der Waals surface area contributed by atoms with E-state index in [1.54, 1.807) is 21.1 Å². The maximum absolute atomic E-state index is 12.8. The van der Waals surface area contributed by atoms with Gasteiger partial charge in [0.15, 0.2) is 6.10 Å². The van der Waals surface area contributed by atoms with Crippen LogP contribution in [0.5, 0.6) is 0 Å². The number of ether oxygens (including phenoxy) is 3. The van der Waals surface area contributed by atoms with Crippen LogP contribution in [0.1, 0.15) is 200 Å². The van der Waals surface area contributed by atoms with Crippen molar-refractivity contribution in [2.24, 2.45) is 0 Å². The average molecular weight is 894 g/mol. The topological polar surface area (TPSA) is 102 Å². The van der Waals surface area contributed by atoms with Crippen molar-refractivity contribution in [2.45, 2.75) is 212 Å². The number of allylic oxidation sites excluding steroid dienone is 14. The van der Waals surface area contributed by atoms with Gasteiger partial charge in [-0.05, 0) is 57.8 Å². The van der Waals surface area contributed by atoms with E-state index < -0.39 is 18.1 Å². The van der Waals surface area contributed by atoms with Gasteiger partial charge in [0.2, 0.25) is 0 Å². The monoisotopic (exact) mass is 894 g/mol. The van der Waals surface area contributed by atoms with Crippen LogP contribution in [0.2, 0.25) is 0 Å². The number of hydrogen-bond donors (Lipinski definition) is 0. The Morgan fingerprint density at radius 2 is 0.891 bits per heavy atom. The summed E-state index contributed by atoms with van der Waals surface area (Å²) >= 11 is 0. The van der Waals surface area contributed by atoms with E-state index in [2.05, 4.69) is 38.2 Å². The smallest absolute Gasteiger partial charge is 0.306 e. The van der Waals surface area contributed by atoms with Gasteiger partial charge in [-0.2, -0.15) is 0 Å². The number of nitrogens with zero attached hydrogens (tertiary/aromatic N) is 1. The SMILES string of the molecule is CC/C=C/C=C/C=C/C=C/C=C/C=C/CCCCCC(=O)OC(COCCC(C(=O)[O-])[N+](C)(C)C)COC(=O)CCCCCCCCC/C=C/CCCCCCCCCCCCCC. The van der Waals surface area contributed by atoms with E-state index in [1.807, 2.05) is 60.8 Å². The first-order chi connectivity index (χ1) is 31.1. The minimum absolute atomic E-state index is 0.0165. The van der Waals surface area contributed by atoms with Crippen LogP contribution in [0.4, 0.5) is 0 Å². The molecule has 2 unspecified atom stereocenters. The molecule has 8 nitrogen and oxygen atoms in total. The molecular formula is C56H95NO7. The second-order valence-electron chi connectivity index (χ2n) is 18.2. The van der Waals surface area contributed by atoms with Crippen molar-refractivity contribution in [1.29, 1.82) is 0 Å². The zero-order valence-electron chi connectivity index (χ0n) is 41.7. The van der Waals surface area contributed by atoms with Gasteiger partial charge in [0, 0.05) is 19.3 Å². The number of unbranched alkanes of at least 4 members (excludes halogenated alkanes) is 22. The molecule has 0 aromatic heterocycles. The molecule has 2 atom stereocenters. The minimum atomic E-state index is -1.14. The molecule has 0 aromatic carbocycles. The number of hydrogen-bond acceptors (Lipinski definition) is 7. The second-order valence-corrected chi connectivity index (χ2v) is 18.2. The van der Waals surface area contributed by atoms with Gasteiger partial charge in [0.05, 0.1) is 40.3 Å². The van der Waals surface area contributed by atoms with Crippen LogP contribution in [0.15, 0.2) is 85.1 Å². The average Bonchev–Trinajstić information content (AvgIpc) is 3.26. The van der Waals surface area contributed by atoms with E-state index >= 15 is 0 Å². The zero-order valence-corrected chi connectivity index (χ0v) is 41.7. The highest BCUT2D eigenvalue weighted by molar-refractivity contribution is 5.70. The number of likely N-dealkylation sites (N-methyl/N-ethyl adjacent to an activating group) is 1. The van der Waals surface area contributed by atoms with Crippen molar-refractivity contribution in [2.75, 3.05) is 41.0 Å². The van der Waals surface area contributed by atoms with Crippen LogP contribution in [0.3, 0.4) is 0 Å². The maximum atomic E-state index is 12.8. The molecule has 0 radical (unpaired) electrons. The molecule has 0 heterocycles. The predicted octanol–water partition coefficient (Wildman–Crippen LogP) is 13.5. The first-order valence-corrected chi connectivity index (χ1v) is 25.7. The Hall–Kier alpha value is -3.49. The molecule has 0 spiro atoms. The Bertz CT molecular complexity index is 1320. The molecular weight excluding hydrogens is 799 g/mol. The third-order valence-electron chi connectivity index (χ3n) is 11.2. The zero-order chi connectivity index (χ0) is 47.0. The van der Waals surface area contributed by atoms with Gasteiger partial charge in [-0.1, -0.05) is 208 Å². The van der Waals surface area contributed by atoms with Crippen LogP contribution < -0.4 is 5.11 Å². The lowest BCUT2D eigenvalue weighted by Gasteiger charge is -2.34. The first-order valence-electron chi connectivity index (χ1n) is 25.7. The van der Waals surface area contributed by atoms with Crippen molar-refractivity contribution in [3.8, 4) is 0 Å². The summed E-state index contributed by atoms with van der Waals surface area (Å²) in [5, 5.41) is 11.7. The molecule has 0 bridgehead atoms. The third kappa shape index (κ3) is 43.7. The third-order valence-corrected chi connectivity index (χ3v) is 11.2. The number of carbonyl (C=O) groups is 3. The second kappa shape index (κ2) is 46.1. The number of carbonyl (C=O) groups excluding carboxylic acids is 3. The number of esters is 2. The standard InChI is InChI=1S/C56H95NO7/c1-6-8-10-12-14-16-18-20-22-24-25-26-27-28-29-31-32-34-36-38-40-42-44-46-54(58)63-51-52(50-62-49-48-53(56(60)61)57(3,4)5)64-55(59)47-45-43-41-39-37-35-33-30-23-21-19-17-15-13-11-9-7-2/h9,11,13,15,17,19,21,23,28-30,33,35,37,52-53H,6-8,10,12,14,16,18,20,22,24-27,31-32,34,36,38-51H2,1-5H3/b11-9+,15-13+,19-17+,23-21+,29-28+,33-30+,37-35+. The highest BCUT2D eigenvalue weighted by Crippen LogP contribution is 2.15. The van der Waals surface area contributed by atoms with Gasteiger partial charge in [0.25, 0.3) is 0 Å². The first kappa shape index (κ1) is 60.5. The summed E-state index contributed by atoms with van der Waals surface area (Å²) < 4.78 is 17.2. The molecule has 0 aromatic rings. The normalized spacial score (nSPS) is 13.6. The summed E-state index contributed by atoms with van der Waals surface area (Å²) in [6, 6.07) is -0.740. The molecule has 0 rings (SSSR count). The summed E-state index contributed by atoms with van der Waals surface area (Å²) in [4.78, 5) is 37.0. The number of aliphatic carboxylic acids is 1. The maximum Gasteiger partial charge on any atom is 0.306 e. The molecule has 0 N–H and O–H groups in total. The molecule has 0 aliphatic rings. The van der Waals surface area contributed by atoms with Crippen LogP contribution in [-0.4, -0.2) is 75.5 Å². The number of rotatable bonds is 45. The van der Waals surface area contributed by atoms with Crippen LogP contribution in [0.25, 0.3) is 0 Å². The van der Waals surface area contributed by atoms with Gasteiger partial charge in [-0.15, -0.1) is 0 Å². The Labute approximate surface area is 393 Å². The van der Waals surface area contributed by atoms with Crippen LogP contribution in [0, 0.1) is 0 Å². The van der Waals surface area contributed by atoms with Crippen molar-refractivity contribution in [3.05, 3.63) is 85.1 Å².